The lowest BCUT2D eigenvalue weighted by Crippen LogP contribution is -3.00. The highest BCUT2D eigenvalue weighted by Gasteiger charge is 2.21. The van der Waals surface area contributed by atoms with Crippen LogP contribution in [0.4, 0.5) is 0 Å². The Hall–Kier alpha value is -0.740. The Kier molecular flexibility index (Phi) is 7.46. The smallest absolute Gasteiger partial charge is 0.160 e. The number of hydrogen-bond donors (Lipinski definition) is 0. The van der Waals surface area contributed by atoms with E-state index < -0.39 is 0 Å². The molecule has 92 valence electrons. The summed E-state index contributed by atoms with van der Waals surface area (Å²) in [6, 6.07) is 0. The number of Topliss-reactive ketones (excluding diaryl/α,β-unsaturated/α-hetero) is 2. The molecule has 0 unspecified atom stereocenters. The summed E-state index contributed by atoms with van der Waals surface area (Å²) >= 11 is 0. The molecule has 0 saturated carbocycles. The summed E-state index contributed by atoms with van der Waals surface area (Å²) in [5, 5.41) is 0. The lowest BCUT2D eigenvalue weighted by atomic mass is 10.1. The summed E-state index contributed by atoms with van der Waals surface area (Å²) in [6.07, 6.45) is 0. The van der Waals surface area contributed by atoms with Crippen LogP contribution in [-0.2, 0) is 9.59 Å². The maximum atomic E-state index is 11.0. The predicted molar refractivity (Wildman–Crippen MR) is 61.5 cm³/mol. The fraction of sp³-hybridized carbons (Fsp3) is 0.500. The molecule has 0 aromatic rings. The van der Waals surface area contributed by atoms with Gasteiger partial charge in [-0.3, -0.25) is 9.59 Å². The molecule has 0 radical (unpaired) electrons. The molecule has 0 saturated heterocycles. The van der Waals surface area contributed by atoms with Crippen LogP contribution in [0.15, 0.2) is 24.3 Å². The molecule has 16 heavy (non-hydrogen) atoms. The van der Waals surface area contributed by atoms with E-state index in [1.165, 1.54) is 13.8 Å². The first kappa shape index (κ1) is 17.6. The second kappa shape index (κ2) is 6.76. The van der Waals surface area contributed by atoms with Gasteiger partial charge in [-0.05, 0) is 13.8 Å². The average molecular weight is 290 g/mol. The van der Waals surface area contributed by atoms with E-state index in [9.17, 15) is 9.59 Å². The minimum absolute atomic E-state index is 0. The fourth-order valence-electron chi connectivity index (χ4n) is 1.31. The zero-order valence-corrected chi connectivity index (χ0v) is 12.1. The van der Waals surface area contributed by atoms with E-state index in [1.54, 1.807) is 0 Å². The van der Waals surface area contributed by atoms with Gasteiger partial charge in [0.25, 0.3) is 0 Å². The van der Waals surface area contributed by atoms with Crippen molar-refractivity contribution in [1.82, 2.24) is 0 Å². The van der Waals surface area contributed by atoms with E-state index in [4.69, 9.17) is 0 Å². The highest BCUT2D eigenvalue weighted by atomic mass is 79.9. The monoisotopic (exact) mass is 289 g/mol. The van der Waals surface area contributed by atoms with Gasteiger partial charge in [0.2, 0.25) is 0 Å². The molecule has 4 heteroatoms. The molecule has 0 heterocycles. The number of nitrogens with zero attached hydrogens (tertiary/aromatic N) is 1. The Morgan fingerprint density at radius 2 is 1.19 bits per heavy atom. The molecular weight excluding hydrogens is 270 g/mol. The van der Waals surface area contributed by atoms with Gasteiger partial charge in [-0.25, -0.2) is 0 Å². The predicted octanol–water partition coefficient (Wildman–Crippen LogP) is -1.64. The third kappa shape index (κ3) is 6.69. The van der Waals surface area contributed by atoms with Crippen LogP contribution in [0, 0.1) is 0 Å². The van der Waals surface area contributed by atoms with Crippen molar-refractivity contribution in [1.29, 1.82) is 0 Å². The molecule has 0 aliphatic rings. The number of halogens is 1. The van der Waals surface area contributed by atoms with Crippen LogP contribution >= 0.6 is 0 Å². The highest BCUT2D eigenvalue weighted by molar-refractivity contribution is 5.93. The van der Waals surface area contributed by atoms with Gasteiger partial charge in [0, 0.05) is 11.1 Å². The molecule has 0 bridgehead atoms. The molecule has 0 amide bonds. The number of carbonyl (C=O) groups is 2. The first-order chi connectivity index (χ1) is 6.65. The van der Waals surface area contributed by atoms with E-state index in [-0.39, 0.29) is 28.5 Å². The molecule has 0 atom stereocenters. The summed E-state index contributed by atoms with van der Waals surface area (Å²) in [6.45, 7) is 11.5. The summed E-state index contributed by atoms with van der Waals surface area (Å²) in [5.74, 6) is -0.00993. The summed E-state index contributed by atoms with van der Waals surface area (Å²) in [7, 11) is 3.89. The van der Waals surface area contributed by atoms with E-state index in [0.29, 0.717) is 28.7 Å². The Balaban J connectivity index is 0. The molecule has 0 aliphatic heterocycles. The van der Waals surface area contributed by atoms with Gasteiger partial charge in [-0.1, -0.05) is 13.2 Å². The largest absolute Gasteiger partial charge is 1.00 e. The number of ketones is 2. The van der Waals surface area contributed by atoms with Crippen LogP contribution in [0.3, 0.4) is 0 Å². The summed E-state index contributed by atoms with van der Waals surface area (Å²) in [5.41, 5.74) is 1.16. The standard InChI is InChI=1S/C12H20NO2.BrH/c1-9(11(3)14)7-13(5,6)8-10(2)12(4)15;/h1-2,7-8H2,3-6H3;1H/q+1;/p-1. The topological polar surface area (TPSA) is 34.1 Å². The zero-order chi connectivity index (χ0) is 12.2. The van der Waals surface area contributed by atoms with E-state index in [0.717, 1.165) is 0 Å². The van der Waals surface area contributed by atoms with Gasteiger partial charge in [-0.2, -0.15) is 0 Å². The molecule has 0 N–H and O–H groups in total. The highest BCUT2D eigenvalue weighted by Crippen LogP contribution is 2.08. The van der Waals surface area contributed by atoms with Crippen molar-refractivity contribution >= 4 is 11.6 Å². The molecule has 0 spiro atoms. The van der Waals surface area contributed by atoms with Gasteiger partial charge < -0.3 is 21.5 Å². The van der Waals surface area contributed by atoms with E-state index >= 15 is 0 Å². The van der Waals surface area contributed by atoms with Crippen molar-refractivity contribution in [2.24, 2.45) is 0 Å². The van der Waals surface area contributed by atoms with Crippen molar-refractivity contribution in [3.63, 3.8) is 0 Å². The molecule has 0 rings (SSSR count). The van der Waals surface area contributed by atoms with E-state index in [1.807, 2.05) is 14.1 Å². The minimum atomic E-state index is -0.00497. The Labute approximate surface area is 108 Å². The first-order valence-electron chi connectivity index (χ1n) is 4.85. The molecular formula is C12H20BrNO2. The Morgan fingerprint density at radius 1 is 0.938 bits per heavy atom. The quantitative estimate of drug-likeness (QED) is 0.434. The Morgan fingerprint density at radius 3 is 1.38 bits per heavy atom. The second-order valence-corrected chi connectivity index (χ2v) is 4.57. The van der Waals surface area contributed by atoms with Crippen LogP contribution in [-0.4, -0.2) is 43.2 Å². The van der Waals surface area contributed by atoms with E-state index in [2.05, 4.69) is 13.2 Å². The number of quaternary nitrogens is 1. The maximum Gasteiger partial charge on any atom is 0.160 e. The number of likely N-dealkylation sites (N-methyl/N-ethyl adjacent to an activating group) is 1. The van der Waals surface area contributed by atoms with Gasteiger partial charge in [0.1, 0.15) is 13.1 Å². The summed E-state index contributed by atoms with van der Waals surface area (Å²) in [4.78, 5) is 22.1. The second-order valence-electron chi connectivity index (χ2n) is 4.57. The SMILES string of the molecule is C=C(C[N+](C)(C)CC(=C)C(C)=O)C(C)=O.[Br-]. The van der Waals surface area contributed by atoms with Crippen LogP contribution in [0.25, 0.3) is 0 Å². The minimum Gasteiger partial charge on any atom is -1.00 e. The van der Waals surface area contributed by atoms with Crippen LogP contribution < -0.4 is 17.0 Å². The van der Waals surface area contributed by atoms with Crippen molar-refractivity contribution in [2.45, 2.75) is 13.8 Å². The number of hydrogen-bond acceptors (Lipinski definition) is 2. The fourth-order valence-corrected chi connectivity index (χ4v) is 1.31. The number of carbonyl (C=O) groups excluding carboxylic acids is 2. The first-order valence-corrected chi connectivity index (χ1v) is 4.85. The van der Waals surface area contributed by atoms with Crippen LogP contribution in [0.5, 0.6) is 0 Å². The lowest BCUT2D eigenvalue weighted by molar-refractivity contribution is -0.880. The van der Waals surface area contributed by atoms with Crippen molar-refractivity contribution in [2.75, 3.05) is 27.2 Å². The van der Waals surface area contributed by atoms with Crippen LogP contribution in [0.1, 0.15) is 13.8 Å². The van der Waals surface area contributed by atoms with Crippen molar-refractivity contribution in [3.05, 3.63) is 24.3 Å². The van der Waals surface area contributed by atoms with Gasteiger partial charge in [-0.15, -0.1) is 0 Å². The third-order valence-corrected chi connectivity index (χ3v) is 2.23. The Bertz CT molecular complexity index is 289. The molecule has 0 aromatic carbocycles. The van der Waals surface area contributed by atoms with Crippen molar-refractivity contribution in [3.8, 4) is 0 Å². The van der Waals surface area contributed by atoms with Gasteiger partial charge >= 0.3 is 0 Å². The van der Waals surface area contributed by atoms with Gasteiger partial charge in [0.15, 0.2) is 11.6 Å². The molecule has 0 fully saturated rings. The summed E-state index contributed by atoms with van der Waals surface area (Å²) < 4.78 is 0.525. The molecule has 0 aliphatic carbocycles. The molecule has 0 aromatic heterocycles. The normalized spacial score (nSPS) is 10.2. The van der Waals surface area contributed by atoms with Crippen molar-refractivity contribution < 1.29 is 31.1 Å². The number of rotatable bonds is 6. The van der Waals surface area contributed by atoms with Crippen LogP contribution in [0.2, 0.25) is 0 Å². The third-order valence-electron chi connectivity index (χ3n) is 2.23. The average Bonchev–Trinajstić information content (AvgIpc) is 2.01. The zero-order valence-electron chi connectivity index (χ0n) is 10.5. The maximum absolute atomic E-state index is 11.0. The molecule has 3 nitrogen and oxygen atoms in total. The van der Waals surface area contributed by atoms with Gasteiger partial charge in [0.05, 0.1) is 14.1 Å². The lowest BCUT2D eigenvalue weighted by Gasteiger charge is -2.30.